The Hall–Kier alpha value is -1.29. The molecule has 0 N–H and O–H groups in total. The van der Waals surface area contributed by atoms with Crippen LogP contribution in [0.3, 0.4) is 0 Å². The molecule has 0 fully saturated rings. The molecule has 0 saturated carbocycles. The minimum atomic E-state index is 0. The first-order valence-electron chi connectivity index (χ1n) is 4.35. The maximum Gasteiger partial charge on any atom is 0 e. The van der Waals surface area contributed by atoms with Crippen molar-refractivity contribution in [2.24, 2.45) is 0 Å². The summed E-state index contributed by atoms with van der Waals surface area (Å²) in [5.74, 6) is 0. The Bertz CT molecular complexity index is 363. The third kappa shape index (κ3) is 8.82. The Morgan fingerprint density at radius 1 is 0.722 bits per heavy atom. The molecule has 3 nitrogen and oxygen atoms in total. The molecule has 0 bridgehead atoms. The summed E-state index contributed by atoms with van der Waals surface area (Å²) in [4.78, 5) is 0. The van der Waals surface area contributed by atoms with Gasteiger partial charge in [-0.25, -0.2) is 0 Å². The van der Waals surface area contributed by atoms with E-state index < -0.39 is 0 Å². The van der Waals surface area contributed by atoms with E-state index in [2.05, 4.69) is 69.6 Å². The van der Waals surface area contributed by atoms with Gasteiger partial charge in [-0.1, -0.05) is 36.4 Å². The fraction of sp³-hybridized carbons (Fsp3) is 0. The fourth-order valence-corrected chi connectivity index (χ4v) is 1.20. The van der Waals surface area contributed by atoms with E-state index in [9.17, 15) is 0 Å². The van der Waals surface area contributed by atoms with Crippen LogP contribution in [0, 0.1) is 39.2 Å². The van der Waals surface area contributed by atoms with E-state index in [1.165, 1.54) is 11.1 Å². The van der Waals surface area contributed by atoms with Crippen molar-refractivity contribution in [1.29, 1.82) is 0 Å². The van der Waals surface area contributed by atoms with Crippen molar-refractivity contribution in [3.63, 3.8) is 0 Å². The molecule has 1 aliphatic carbocycles. The van der Waals surface area contributed by atoms with Crippen molar-refractivity contribution in [3.8, 4) is 0 Å². The van der Waals surface area contributed by atoms with Crippen molar-refractivity contribution < 1.29 is 31.3 Å². The van der Waals surface area contributed by atoms with Crippen LogP contribution in [0.4, 0.5) is 0 Å². The van der Waals surface area contributed by atoms with Crippen LogP contribution in [0.5, 0.6) is 0 Å². The predicted octanol–water partition coefficient (Wildman–Crippen LogP) is 2.58. The van der Waals surface area contributed by atoms with Crippen LogP contribution in [0.1, 0.15) is 5.56 Å². The van der Waals surface area contributed by atoms with Gasteiger partial charge in [0.25, 0.3) is 0 Å². The minimum absolute atomic E-state index is 0. The molecule has 0 heterocycles. The summed E-state index contributed by atoms with van der Waals surface area (Å²) in [7, 11) is 0. The molecule has 0 aliphatic heterocycles. The zero-order chi connectivity index (χ0) is 13.5. The maximum absolute atomic E-state index is 7.50. The molecule has 0 spiro atoms. The van der Waals surface area contributed by atoms with Gasteiger partial charge in [0.15, 0.2) is 0 Å². The predicted molar refractivity (Wildman–Crippen MR) is 59.1 cm³/mol. The van der Waals surface area contributed by atoms with E-state index in [0.29, 0.717) is 0 Å². The standard InChI is InChI=1S/C11H9.3CO.Cr/c1-2-6-10(7-3-1)11-8-4-5-9-11;3*1-2;/h1-9H;;;;. The molecule has 1 aliphatic rings. The molecular formula is C14H9CrO3. The topological polar surface area (TPSA) is 59.7 Å². The number of hydrogen-bond acceptors (Lipinski definition) is 0. The van der Waals surface area contributed by atoms with Crippen LogP contribution < -0.4 is 0 Å². The van der Waals surface area contributed by atoms with Gasteiger partial charge in [0.1, 0.15) is 0 Å². The van der Waals surface area contributed by atoms with E-state index in [4.69, 9.17) is 14.0 Å². The third-order valence-electron chi connectivity index (χ3n) is 1.77. The maximum atomic E-state index is 7.50. The third-order valence-corrected chi connectivity index (χ3v) is 1.77. The monoisotopic (exact) mass is 277 g/mol. The minimum Gasteiger partial charge on any atom is -0.0764 e. The first-order chi connectivity index (χ1) is 8.47. The molecule has 1 aromatic rings. The van der Waals surface area contributed by atoms with Gasteiger partial charge in [-0.2, -0.15) is 0 Å². The van der Waals surface area contributed by atoms with Gasteiger partial charge in [-0.15, -0.1) is 0 Å². The number of hydrogen-bond donors (Lipinski definition) is 0. The SMILES string of the molecule is [C-]#[O+].[C-]#[O+].[C-]#[O+].[CH]1[CH]C=C(c2ccccc2)[CH]1.[Cr]. The van der Waals surface area contributed by atoms with Gasteiger partial charge in [-0.05, 0) is 30.4 Å². The van der Waals surface area contributed by atoms with Crippen LogP contribution in [0.15, 0.2) is 36.4 Å². The van der Waals surface area contributed by atoms with E-state index >= 15 is 0 Å². The van der Waals surface area contributed by atoms with Crippen LogP contribution in [0.2, 0.25) is 0 Å². The van der Waals surface area contributed by atoms with Crippen LogP contribution >= 0.6 is 0 Å². The van der Waals surface area contributed by atoms with Gasteiger partial charge in [-0.3, -0.25) is 0 Å². The molecule has 18 heavy (non-hydrogen) atoms. The molecule has 0 atom stereocenters. The molecular weight excluding hydrogens is 268 g/mol. The molecule has 2 rings (SSSR count). The van der Waals surface area contributed by atoms with Crippen molar-refractivity contribution in [2.45, 2.75) is 0 Å². The van der Waals surface area contributed by atoms with Crippen molar-refractivity contribution in [1.82, 2.24) is 0 Å². The molecule has 4 heteroatoms. The largest absolute Gasteiger partial charge is 0.0764 e. The summed E-state index contributed by atoms with van der Waals surface area (Å²) in [5.41, 5.74) is 2.59. The van der Waals surface area contributed by atoms with Gasteiger partial charge in [0.2, 0.25) is 0 Å². The molecule has 3 radical (unpaired) electrons. The summed E-state index contributed by atoms with van der Waals surface area (Å²) in [6, 6.07) is 10.4. The molecule has 1 aromatic carbocycles. The van der Waals surface area contributed by atoms with E-state index in [1.807, 2.05) is 6.07 Å². The average molecular weight is 277 g/mol. The summed E-state index contributed by atoms with van der Waals surface area (Å²) in [5, 5.41) is 0. The first kappa shape index (κ1) is 21.9. The van der Waals surface area contributed by atoms with Crippen molar-refractivity contribution in [2.75, 3.05) is 0 Å². The number of rotatable bonds is 1. The van der Waals surface area contributed by atoms with E-state index in [0.717, 1.165) is 0 Å². The fourth-order valence-electron chi connectivity index (χ4n) is 1.20. The normalized spacial score (nSPS) is 10.4. The Kier molecular flexibility index (Phi) is 22.1. The summed E-state index contributed by atoms with van der Waals surface area (Å²) in [6.45, 7) is 13.5. The second-order valence-corrected chi connectivity index (χ2v) is 2.54. The quantitative estimate of drug-likeness (QED) is 0.559. The molecule has 89 valence electrons. The molecule has 0 unspecified atom stereocenters. The second kappa shape index (κ2) is 18.1. The molecule has 0 amide bonds. The van der Waals surface area contributed by atoms with Gasteiger partial charge < -0.3 is 0 Å². The van der Waals surface area contributed by atoms with Crippen molar-refractivity contribution >= 4 is 5.57 Å². The summed E-state index contributed by atoms with van der Waals surface area (Å²) in [6.07, 6.45) is 8.36. The second-order valence-electron chi connectivity index (χ2n) is 2.54. The first-order valence-corrected chi connectivity index (χ1v) is 4.35. The van der Waals surface area contributed by atoms with E-state index in [1.54, 1.807) is 0 Å². The summed E-state index contributed by atoms with van der Waals surface area (Å²) < 4.78 is 22.5. The smallest absolute Gasteiger partial charge is 0 e. The van der Waals surface area contributed by atoms with Gasteiger partial charge >= 0.3 is 33.9 Å². The molecule has 0 aromatic heterocycles. The zero-order valence-electron chi connectivity index (χ0n) is 9.33. The van der Waals surface area contributed by atoms with Crippen LogP contribution in [0.25, 0.3) is 5.57 Å². The zero-order valence-corrected chi connectivity index (χ0v) is 10.6. The van der Waals surface area contributed by atoms with Crippen LogP contribution in [-0.2, 0) is 31.3 Å². The number of benzene rings is 1. The van der Waals surface area contributed by atoms with Gasteiger partial charge in [0, 0.05) is 17.4 Å². The Balaban J connectivity index is -0.000000285. The Morgan fingerprint density at radius 2 is 1.22 bits per heavy atom. The molecule has 0 saturated heterocycles. The van der Waals surface area contributed by atoms with Crippen LogP contribution in [-0.4, -0.2) is 0 Å². The number of allylic oxidation sites excluding steroid dienone is 2. The Labute approximate surface area is 118 Å². The van der Waals surface area contributed by atoms with Crippen molar-refractivity contribution in [3.05, 3.63) is 81.2 Å². The summed E-state index contributed by atoms with van der Waals surface area (Å²) >= 11 is 0. The van der Waals surface area contributed by atoms with Gasteiger partial charge in [0.05, 0.1) is 0 Å². The Morgan fingerprint density at radius 3 is 1.61 bits per heavy atom. The average Bonchev–Trinajstić information content (AvgIpc) is 3.01. The van der Waals surface area contributed by atoms with E-state index in [-0.39, 0.29) is 17.4 Å².